The zero-order valence-electron chi connectivity index (χ0n) is 19.8. The topological polar surface area (TPSA) is 121 Å². The quantitative estimate of drug-likeness (QED) is 0.393. The van der Waals surface area contributed by atoms with Crippen LogP contribution in [0.1, 0.15) is 56.5 Å². The van der Waals surface area contributed by atoms with Crippen LogP contribution in [-0.4, -0.2) is 37.8 Å². The second-order valence-corrected chi connectivity index (χ2v) is 9.68. The molecule has 0 radical (unpaired) electrons. The van der Waals surface area contributed by atoms with Crippen molar-refractivity contribution in [2.75, 3.05) is 0 Å². The molecular weight excluding hydrogens is 474 g/mol. The normalized spacial score (nSPS) is 15.2. The van der Waals surface area contributed by atoms with E-state index in [9.17, 15) is 20.0 Å². The zero-order chi connectivity index (χ0) is 25.6. The minimum atomic E-state index is -0.987. The summed E-state index contributed by atoms with van der Waals surface area (Å²) in [7, 11) is 0. The summed E-state index contributed by atoms with van der Waals surface area (Å²) in [5.74, 6) is -0.812. The highest BCUT2D eigenvalue weighted by Gasteiger charge is 2.36. The van der Waals surface area contributed by atoms with Crippen LogP contribution in [-0.2, 0) is 4.79 Å². The van der Waals surface area contributed by atoms with Gasteiger partial charge >= 0.3 is 5.97 Å². The van der Waals surface area contributed by atoms with E-state index in [1.54, 1.807) is 19.9 Å². The van der Waals surface area contributed by atoms with Gasteiger partial charge in [-0.2, -0.15) is 5.26 Å². The second-order valence-electron chi connectivity index (χ2n) is 8.65. The molecule has 8 nitrogen and oxygen atoms in total. The van der Waals surface area contributed by atoms with Crippen LogP contribution in [0.4, 0.5) is 0 Å². The monoisotopic (exact) mass is 495 g/mol. The van der Waals surface area contributed by atoms with Crippen LogP contribution in [0.3, 0.4) is 0 Å². The van der Waals surface area contributed by atoms with Gasteiger partial charge in [-0.15, -0.1) is 21.5 Å². The molecule has 0 bridgehead atoms. The number of carboxylic acids is 1. The van der Waals surface area contributed by atoms with Gasteiger partial charge in [-0.1, -0.05) is 36.4 Å². The number of aldehydes is 1. The van der Waals surface area contributed by atoms with Crippen molar-refractivity contribution in [1.82, 2.24) is 14.8 Å². The Morgan fingerprint density at radius 1 is 1.14 bits per heavy atom. The number of hydrogen-bond acceptors (Lipinski definition) is 7. The Bertz CT molecular complexity index is 1590. The largest absolute Gasteiger partial charge is 0.481 e. The molecule has 5 rings (SSSR count). The predicted molar refractivity (Wildman–Crippen MR) is 136 cm³/mol. The van der Waals surface area contributed by atoms with Gasteiger partial charge < -0.3 is 5.11 Å². The van der Waals surface area contributed by atoms with Crippen molar-refractivity contribution in [3.8, 4) is 22.2 Å². The van der Waals surface area contributed by atoms with E-state index >= 15 is 0 Å². The van der Waals surface area contributed by atoms with Crippen LogP contribution < -0.4 is 0 Å². The van der Waals surface area contributed by atoms with Crippen LogP contribution in [0.15, 0.2) is 53.5 Å². The van der Waals surface area contributed by atoms with Crippen molar-refractivity contribution < 1.29 is 14.7 Å². The Hall–Kier alpha value is -4.42. The summed E-state index contributed by atoms with van der Waals surface area (Å²) in [5.41, 5.74) is 5.36. The molecule has 2 aromatic heterocycles. The van der Waals surface area contributed by atoms with Crippen LogP contribution in [0.5, 0.6) is 0 Å². The number of aryl methyl sites for hydroxylation is 1. The molecule has 0 fully saturated rings. The Labute approximate surface area is 211 Å². The van der Waals surface area contributed by atoms with Gasteiger partial charge in [-0.3, -0.25) is 19.1 Å². The van der Waals surface area contributed by atoms with Crippen LogP contribution in [0, 0.1) is 31.1 Å². The summed E-state index contributed by atoms with van der Waals surface area (Å²) >= 11 is 1.32. The fourth-order valence-electron chi connectivity index (χ4n) is 4.42. The van der Waals surface area contributed by atoms with Gasteiger partial charge in [-0.25, -0.2) is 0 Å². The van der Waals surface area contributed by atoms with Crippen molar-refractivity contribution in [3.63, 3.8) is 0 Å². The van der Waals surface area contributed by atoms with Gasteiger partial charge in [0.25, 0.3) is 0 Å². The van der Waals surface area contributed by atoms with Crippen molar-refractivity contribution >= 4 is 29.3 Å². The van der Waals surface area contributed by atoms with E-state index in [-0.39, 0.29) is 0 Å². The standard InChI is InChI=1S/C27H21N5O3S/c1-14-21(13-33)36-26-22(14)24(29-23(15(2)27(34)35)25-31-30-16(3)32(25)26)19-9-7-18(8-10-19)20-6-4-5-17(11-20)12-28/h4-11,13,15,23H,1-3H3,(H,34,35)/t15?,23-/m0/s1. The number of nitriles is 1. The first-order valence-electron chi connectivity index (χ1n) is 11.3. The number of aliphatic carboxylic acids is 1. The fourth-order valence-corrected chi connectivity index (χ4v) is 5.61. The highest BCUT2D eigenvalue weighted by Crippen LogP contribution is 2.40. The maximum Gasteiger partial charge on any atom is 0.308 e. The molecule has 1 unspecified atom stereocenters. The summed E-state index contributed by atoms with van der Waals surface area (Å²) < 4.78 is 1.82. The zero-order valence-corrected chi connectivity index (χ0v) is 20.6. The molecule has 0 saturated heterocycles. The van der Waals surface area contributed by atoms with E-state index in [0.29, 0.717) is 27.8 Å². The van der Waals surface area contributed by atoms with Crippen molar-refractivity contribution in [2.45, 2.75) is 26.8 Å². The molecule has 0 spiro atoms. The fraction of sp³-hybridized carbons (Fsp3) is 0.185. The minimum absolute atomic E-state index is 0.433. The number of carbonyl (C=O) groups is 2. The number of benzene rings is 2. The molecule has 0 saturated carbocycles. The van der Waals surface area contributed by atoms with E-state index in [4.69, 9.17) is 4.99 Å². The molecule has 36 heavy (non-hydrogen) atoms. The van der Waals surface area contributed by atoms with E-state index in [2.05, 4.69) is 16.3 Å². The third-order valence-electron chi connectivity index (χ3n) is 6.44. The number of hydrogen-bond donors (Lipinski definition) is 1. The maximum absolute atomic E-state index is 12.0. The van der Waals surface area contributed by atoms with E-state index in [1.165, 1.54) is 11.3 Å². The lowest BCUT2D eigenvalue weighted by Crippen LogP contribution is -2.21. The van der Waals surface area contributed by atoms with Crippen molar-refractivity contribution in [2.24, 2.45) is 10.9 Å². The number of fused-ring (bicyclic) bond motifs is 3. The van der Waals surface area contributed by atoms with Crippen molar-refractivity contribution in [1.29, 1.82) is 5.26 Å². The number of aromatic nitrogens is 3. The molecule has 178 valence electrons. The molecule has 9 heteroatoms. The molecule has 3 heterocycles. The number of thiophene rings is 1. The van der Waals surface area contributed by atoms with Gasteiger partial charge in [0.05, 0.1) is 28.1 Å². The average molecular weight is 496 g/mol. The average Bonchev–Trinajstić information content (AvgIpc) is 3.38. The Kier molecular flexibility index (Phi) is 5.82. The molecule has 1 N–H and O–H groups in total. The molecule has 4 aromatic rings. The third kappa shape index (κ3) is 3.72. The summed E-state index contributed by atoms with van der Waals surface area (Å²) in [4.78, 5) is 29.4. The first kappa shape index (κ1) is 23.3. The maximum atomic E-state index is 12.0. The summed E-state index contributed by atoms with van der Waals surface area (Å²) in [6, 6.07) is 16.5. The van der Waals surface area contributed by atoms with E-state index in [0.717, 1.165) is 39.1 Å². The van der Waals surface area contributed by atoms with Crippen molar-refractivity contribution in [3.05, 3.63) is 87.3 Å². The summed E-state index contributed by atoms with van der Waals surface area (Å²) in [6.07, 6.45) is 0.828. The number of rotatable bonds is 5. The minimum Gasteiger partial charge on any atom is -0.481 e. The Balaban J connectivity index is 1.72. The molecule has 2 aromatic carbocycles. The van der Waals surface area contributed by atoms with Gasteiger partial charge in [0.1, 0.15) is 16.9 Å². The smallest absolute Gasteiger partial charge is 0.308 e. The molecule has 1 aliphatic rings. The van der Waals surface area contributed by atoms with E-state index < -0.39 is 17.9 Å². The van der Waals surface area contributed by atoms with Gasteiger partial charge in [0.15, 0.2) is 12.1 Å². The SMILES string of the molecule is Cc1c(C=O)sc2c1C(c1ccc(-c3cccc(C#N)c3)cc1)=N[C@@H](C(C)C(=O)O)c1nnc(C)n1-2. The molecule has 0 aliphatic carbocycles. The summed E-state index contributed by atoms with van der Waals surface area (Å²) in [6.45, 7) is 5.28. The van der Waals surface area contributed by atoms with Crippen LogP contribution >= 0.6 is 11.3 Å². The highest BCUT2D eigenvalue weighted by atomic mass is 32.1. The van der Waals surface area contributed by atoms with Gasteiger partial charge in [0, 0.05) is 11.1 Å². The lowest BCUT2D eigenvalue weighted by Gasteiger charge is -2.16. The van der Waals surface area contributed by atoms with Gasteiger partial charge in [0.2, 0.25) is 0 Å². The molecular formula is C27H21N5O3S. The van der Waals surface area contributed by atoms with E-state index in [1.807, 2.05) is 54.0 Å². The Morgan fingerprint density at radius 2 is 1.86 bits per heavy atom. The number of carbonyl (C=O) groups excluding carboxylic acids is 1. The highest BCUT2D eigenvalue weighted by molar-refractivity contribution is 7.16. The Morgan fingerprint density at radius 3 is 2.53 bits per heavy atom. The van der Waals surface area contributed by atoms with Crippen LogP contribution in [0.25, 0.3) is 16.1 Å². The molecule has 1 aliphatic heterocycles. The number of aliphatic imine (C=N–C) groups is 1. The summed E-state index contributed by atoms with van der Waals surface area (Å²) in [5, 5.41) is 28.3. The predicted octanol–water partition coefficient (Wildman–Crippen LogP) is 4.91. The third-order valence-corrected chi connectivity index (χ3v) is 7.64. The first-order valence-corrected chi connectivity index (χ1v) is 12.1. The number of carboxylic acid groups (broad SMARTS) is 1. The first-order chi connectivity index (χ1) is 17.3. The lowest BCUT2D eigenvalue weighted by molar-refractivity contribution is -0.141. The number of nitrogens with zero attached hydrogens (tertiary/aromatic N) is 5. The lowest BCUT2D eigenvalue weighted by atomic mass is 9.96. The molecule has 2 atom stereocenters. The van der Waals surface area contributed by atoms with Crippen LogP contribution in [0.2, 0.25) is 0 Å². The molecule has 0 amide bonds. The van der Waals surface area contributed by atoms with Gasteiger partial charge in [-0.05, 0) is 49.6 Å². The second kappa shape index (κ2) is 8.98.